The number of amides is 1. The molecule has 0 unspecified atom stereocenters. The highest BCUT2D eigenvalue weighted by Crippen LogP contribution is 2.32. The number of H-pyrrole nitrogens is 2. The summed E-state index contributed by atoms with van der Waals surface area (Å²) in [5, 5.41) is 9.56. The van der Waals surface area contributed by atoms with Crippen molar-refractivity contribution in [2.24, 2.45) is 5.73 Å². The quantitative estimate of drug-likeness (QED) is 0.664. The lowest BCUT2D eigenvalue weighted by atomic mass is 10.1. The van der Waals surface area contributed by atoms with Gasteiger partial charge in [0.05, 0.1) is 11.0 Å². The van der Waals surface area contributed by atoms with Crippen LogP contribution in [0.15, 0.2) is 18.2 Å². The number of fused-ring (bicyclic) bond motifs is 1. The molecule has 2 heterocycles. The SMILES string of the molecule is NC(=O)c1n[nH]nc1-c1cccc2[nH]c(C(F)(F)F)nc12. The Morgan fingerprint density at radius 1 is 1.24 bits per heavy atom. The van der Waals surface area contributed by atoms with Crippen molar-refractivity contribution < 1.29 is 18.0 Å². The van der Waals surface area contributed by atoms with E-state index in [2.05, 4.69) is 25.4 Å². The molecule has 2 aromatic heterocycles. The number of para-hydroxylation sites is 1. The van der Waals surface area contributed by atoms with E-state index in [0.717, 1.165) is 0 Å². The summed E-state index contributed by atoms with van der Waals surface area (Å²) >= 11 is 0. The maximum Gasteiger partial charge on any atom is 0.449 e. The van der Waals surface area contributed by atoms with Gasteiger partial charge in [0, 0.05) is 5.56 Å². The maximum atomic E-state index is 12.7. The summed E-state index contributed by atoms with van der Waals surface area (Å²) in [5.41, 5.74) is 5.44. The zero-order valence-electron chi connectivity index (χ0n) is 10.2. The molecule has 21 heavy (non-hydrogen) atoms. The molecule has 0 fully saturated rings. The van der Waals surface area contributed by atoms with Gasteiger partial charge in [-0.15, -0.1) is 0 Å². The van der Waals surface area contributed by atoms with E-state index >= 15 is 0 Å². The molecule has 1 aromatic carbocycles. The summed E-state index contributed by atoms with van der Waals surface area (Å²) in [6.45, 7) is 0. The van der Waals surface area contributed by atoms with Gasteiger partial charge >= 0.3 is 6.18 Å². The van der Waals surface area contributed by atoms with E-state index in [1.807, 2.05) is 0 Å². The van der Waals surface area contributed by atoms with Gasteiger partial charge < -0.3 is 10.7 Å². The number of primary amides is 1. The number of alkyl halides is 3. The number of carbonyl (C=O) groups is 1. The van der Waals surface area contributed by atoms with E-state index in [0.29, 0.717) is 0 Å². The molecule has 0 aliphatic carbocycles. The van der Waals surface area contributed by atoms with Gasteiger partial charge in [-0.25, -0.2) is 4.98 Å². The molecular formula is C11H7F3N6O. The molecule has 0 bridgehead atoms. The molecule has 10 heteroatoms. The first-order valence-corrected chi connectivity index (χ1v) is 5.65. The lowest BCUT2D eigenvalue weighted by Gasteiger charge is -1.99. The topological polar surface area (TPSA) is 113 Å². The van der Waals surface area contributed by atoms with Gasteiger partial charge in [0.2, 0.25) is 5.82 Å². The van der Waals surface area contributed by atoms with E-state index in [-0.39, 0.29) is 28.0 Å². The highest BCUT2D eigenvalue weighted by atomic mass is 19.4. The zero-order chi connectivity index (χ0) is 15.2. The molecule has 0 atom stereocenters. The van der Waals surface area contributed by atoms with Crippen LogP contribution in [0.3, 0.4) is 0 Å². The molecule has 0 spiro atoms. The molecule has 0 radical (unpaired) electrons. The van der Waals surface area contributed by atoms with Crippen LogP contribution in [0.25, 0.3) is 22.3 Å². The molecule has 4 N–H and O–H groups in total. The van der Waals surface area contributed by atoms with Gasteiger partial charge in [0.15, 0.2) is 5.69 Å². The number of carbonyl (C=O) groups excluding carboxylic acids is 1. The van der Waals surface area contributed by atoms with Crippen molar-refractivity contribution in [1.82, 2.24) is 25.4 Å². The molecule has 1 amide bonds. The second kappa shape index (κ2) is 4.30. The fourth-order valence-electron chi connectivity index (χ4n) is 1.95. The average Bonchev–Trinajstić information content (AvgIpc) is 3.04. The number of nitrogens with two attached hydrogens (primary N) is 1. The van der Waals surface area contributed by atoms with Crippen LogP contribution in [0.1, 0.15) is 16.3 Å². The minimum absolute atomic E-state index is 0.0289. The van der Waals surface area contributed by atoms with Gasteiger partial charge in [0.1, 0.15) is 5.69 Å². The number of nitrogens with one attached hydrogen (secondary N) is 2. The lowest BCUT2D eigenvalue weighted by Crippen LogP contribution is -2.12. The van der Waals surface area contributed by atoms with Gasteiger partial charge in [-0.05, 0) is 6.07 Å². The normalized spacial score (nSPS) is 12.0. The fourth-order valence-corrected chi connectivity index (χ4v) is 1.95. The minimum Gasteiger partial charge on any atom is -0.364 e. The van der Waals surface area contributed by atoms with Crippen LogP contribution in [-0.4, -0.2) is 31.3 Å². The molecular weight excluding hydrogens is 289 g/mol. The first kappa shape index (κ1) is 13.1. The summed E-state index contributed by atoms with van der Waals surface area (Å²) in [6.07, 6.45) is -4.60. The van der Waals surface area contributed by atoms with Gasteiger partial charge in [-0.2, -0.15) is 28.6 Å². The van der Waals surface area contributed by atoms with E-state index in [4.69, 9.17) is 5.73 Å². The van der Waals surface area contributed by atoms with Gasteiger partial charge in [-0.3, -0.25) is 4.79 Å². The fraction of sp³-hybridized carbons (Fsp3) is 0.0909. The zero-order valence-corrected chi connectivity index (χ0v) is 10.2. The second-order valence-corrected chi connectivity index (χ2v) is 4.17. The second-order valence-electron chi connectivity index (χ2n) is 4.17. The third-order valence-corrected chi connectivity index (χ3v) is 2.82. The molecule has 0 saturated heterocycles. The van der Waals surface area contributed by atoms with Crippen LogP contribution in [0, 0.1) is 0 Å². The number of aromatic amines is 2. The largest absolute Gasteiger partial charge is 0.449 e. The van der Waals surface area contributed by atoms with E-state index in [1.54, 1.807) is 0 Å². The molecule has 0 aliphatic rings. The Morgan fingerprint density at radius 3 is 2.67 bits per heavy atom. The van der Waals surface area contributed by atoms with Crippen LogP contribution in [0.2, 0.25) is 0 Å². The lowest BCUT2D eigenvalue weighted by molar-refractivity contribution is -0.144. The predicted octanol–water partition coefficient (Wildman–Crippen LogP) is 1.47. The van der Waals surface area contributed by atoms with Crippen molar-refractivity contribution in [3.8, 4) is 11.3 Å². The summed E-state index contributed by atoms with van der Waals surface area (Å²) in [7, 11) is 0. The van der Waals surface area contributed by atoms with Crippen molar-refractivity contribution in [2.45, 2.75) is 6.18 Å². The third-order valence-electron chi connectivity index (χ3n) is 2.82. The number of hydrogen-bond acceptors (Lipinski definition) is 4. The van der Waals surface area contributed by atoms with Gasteiger partial charge in [-0.1, -0.05) is 12.1 Å². The van der Waals surface area contributed by atoms with Crippen molar-refractivity contribution >= 4 is 16.9 Å². The standard InChI is InChI=1S/C11H7F3N6O/c12-11(13,14)10-16-5-3-1-2-4(6(5)17-10)7-8(9(15)21)19-20-18-7/h1-3H,(H2,15,21)(H,16,17)(H,18,19,20). The molecule has 7 nitrogen and oxygen atoms in total. The summed E-state index contributed by atoms with van der Waals surface area (Å²) in [6, 6.07) is 4.42. The predicted molar refractivity (Wildman–Crippen MR) is 65.0 cm³/mol. The number of benzene rings is 1. The summed E-state index contributed by atoms with van der Waals surface area (Å²) in [4.78, 5) is 17.0. The van der Waals surface area contributed by atoms with Gasteiger partial charge in [0.25, 0.3) is 5.91 Å². The molecule has 108 valence electrons. The first-order valence-electron chi connectivity index (χ1n) is 5.65. The van der Waals surface area contributed by atoms with Crippen LogP contribution in [0.5, 0.6) is 0 Å². The Morgan fingerprint density at radius 2 is 2.00 bits per heavy atom. The average molecular weight is 296 g/mol. The summed E-state index contributed by atoms with van der Waals surface area (Å²) in [5.74, 6) is -1.98. The monoisotopic (exact) mass is 296 g/mol. The van der Waals surface area contributed by atoms with E-state index in [9.17, 15) is 18.0 Å². The Labute approximate surface area is 114 Å². The Hall–Kier alpha value is -2.91. The number of hydrogen-bond donors (Lipinski definition) is 3. The van der Waals surface area contributed by atoms with Crippen molar-refractivity contribution in [2.75, 3.05) is 0 Å². The Kier molecular flexibility index (Phi) is 2.68. The van der Waals surface area contributed by atoms with Crippen molar-refractivity contribution in [3.05, 3.63) is 29.7 Å². The Bertz CT molecular complexity index is 834. The number of rotatable bonds is 2. The number of halogens is 3. The molecule has 0 aliphatic heterocycles. The summed E-state index contributed by atoms with van der Waals surface area (Å²) < 4.78 is 38.1. The van der Waals surface area contributed by atoms with Crippen LogP contribution < -0.4 is 5.73 Å². The maximum absolute atomic E-state index is 12.7. The number of nitrogens with zero attached hydrogens (tertiary/aromatic N) is 3. The van der Waals surface area contributed by atoms with Crippen LogP contribution in [-0.2, 0) is 6.18 Å². The van der Waals surface area contributed by atoms with Crippen LogP contribution in [0.4, 0.5) is 13.2 Å². The highest BCUT2D eigenvalue weighted by molar-refractivity contribution is 6.01. The number of imidazole rings is 1. The van der Waals surface area contributed by atoms with Crippen molar-refractivity contribution in [3.63, 3.8) is 0 Å². The van der Waals surface area contributed by atoms with E-state index in [1.165, 1.54) is 18.2 Å². The molecule has 3 aromatic rings. The van der Waals surface area contributed by atoms with E-state index < -0.39 is 17.9 Å². The first-order chi connectivity index (χ1) is 9.88. The molecule has 3 rings (SSSR count). The number of aromatic nitrogens is 5. The Balaban J connectivity index is 2.26. The third kappa shape index (κ3) is 2.10. The molecule has 0 saturated carbocycles. The van der Waals surface area contributed by atoms with Crippen molar-refractivity contribution in [1.29, 1.82) is 0 Å². The highest BCUT2D eigenvalue weighted by Gasteiger charge is 2.35. The minimum atomic E-state index is -4.60. The smallest absolute Gasteiger partial charge is 0.364 e. The van der Waals surface area contributed by atoms with Crippen LogP contribution >= 0.6 is 0 Å².